The first kappa shape index (κ1) is 37.7. The van der Waals surface area contributed by atoms with E-state index >= 15 is 0 Å². The van der Waals surface area contributed by atoms with Gasteiger partial charge in [0, 0.05) is 23.3 Å². The maximum Gasteiger partial charge on any atom is 0.361 e. The monoisotopic (exact) mass is 814 g/mol. The fourth-order valence-corrected chi connectivity index (χ4v) is 11.8. The summed E-state index contributed by atoms with van der Waals surface area (Å²) in [7, 11) is 0. The van der Waals surface area contributed by atoms with E-state index in [1.54, 1.807) is 0 Å². The Balaban J connectivity index is 1.11. The van der Waals surface area contributed by atoms with Crippen LogP contribution in [0, 0.1) is 0 Å². The van der Waals surface area contributed by atoms with Crippen LogP contribution < -0.4 is 30.8 Å². The number of pyridine rings is 2. The fourth-order valence-electron chi connectivity index (χ4n) is 11.8. The molecule has 10 aromatic rings. The summed E-state index contributed by atoms with van der Waals surface area (Å²) in [5.41, 5.74) is 17.6. The maximum absolute atomic E-state index is 2.57. The van der Waals surface area contributed by atoms with Gasteiger partial charge in [0.25, 0.3) is 0 Å². The van der Waals surface area contributed by atoms with E-state index in [1.807, 2.05) is 0 Å². The molecule has 12 rings (SSSR count). The molecular formula is C60H44B2N2. The van der Waals surface area contributed by atoms with Crippen molar-refractivity contribution in [2.24, 2.45) is 0 Å². The summed E-state index contributed by atoms with van der Waals surface area (Å²) in [6.45, 7) is 0. The van der Waals surface area contributed by atoms with E-state index in [4.69, 9.17) is 0 Å². The van der Waals surface area contributed by atoms with Gasteiger partial charge in [-0.25, -0.2) is 0 Å². The molecule has 0 radical (unpaired) electrons. The third-order valence-corrected chi connectivity index (χ3v) is 14.2. The number of rotatable bonds is 8. The number of hydrogen-bond acceptors (Lipinski definition) is 0. The third-order valence-electron chi connectivity index (χ3n) is 14.2. The first-order chi connectivity index (χ1) is 31.8. The highest BCUT2D eigenvalue weighted by atomic mass is 15.0. The highest BCUT2D eigenvalue weighted by Crippen LogP contribution is 2.44. The van der Waals surface area contributed by atoms with Crippen molar-refractivity contribution in [3.8, 4) is 0 Å². The SMILES string of the molecule is c1ccc(C2=C(c3ccc4cc(C5=C(c6ccccc6)[B-](c6ccccc6)(c6ccccc6)[n+]6ccccc65)ccc4c3)c3cccc[n+]3[B-]2(c2ccccc2)c2ccccc2)cc1. The molecule has 2 aliphatic heterocycles. The average molecular weight is 815 g/mol. The standard InChI is InChI=1S/C60H44B2N2/c1-7-23-45(24-8-1)59-57(55-35-19-21-41-63(55)61(59,51-27-11-3-12-28-51)52-29-13-4-14-30-52)49-39-37-48-44-50(40-38-47(48)43-49)58-56-36-20-22-42-64(56)62(53-31-15-5-16-32-53,54-33-17-6-18-34-54)60(58)46-25-9-2-10-26-46/h1-44H. The van der Waals surface area contributed by atoms with Gasteiger partial charge in [0.2, 0.25) is 0 Å². The molecule has 0 fully saturated rings. The van der Waals surface area contributed by atoms with Crippen molar-refractivity contribution in [2.45, 2.75) is 0 Å². The zero-order chi connectivity index (χ0) is 42.5. The molecule has 0 atom stereocenters. The van der Waals surface area contributed by atoms with E-state index < -0.39 is 12.6 Å². The Morgan fingerprint density at radius 2 is 0.547 bits per heavy atom. The molecule has 0 N–H and O–H groups in total. The summed E-state index contributed by atoms with van der Waals surface area (Å²) in [5.74, 6) is 0. The molecule has 0 unspecified atom stereocenters. The van der Waals surface area contributed by atoms with E-state index in [0.717, 1.165) is 0 Å². The predicted octanol–water partition coefficient (Wildman–Crippen LogP) is 9.65. The van der Waals surface area contributed by atoms with Crippen LogP contribution in [0.2, 0.25) is 0 Å². The van der Waals surface area contributed by atoms with Crippen LogP contribution in [0.5, 0.6) is 0 Å². The van der Waals surface area contributed by atoms with E-state index in [-0.39, 0.29) is 0 Å². The molecule has 0 saturated heterocycles. The van der Waals surface area contributed by atoms with Crippen LogP contribution >= 0.6 is 0 Å². The Labute approximate surface area is 375 Å². The molecule has 8 aromatic carbocycles. The number of aromatic nitrogens is 2. The predicted molar refractivity (Wildman–Crippen MR) is 269 cm³/mol. The van der Waals surface area contributed by atoms with Gasteiger partial charge in [-0.1, -0.05) is 230 Å². The Morgan fingerprint density at radius 1 is 0.250 bits per heavy atom. The quantitative estimate of drug-likeness (QED) is 0.135. The molecule has 0 amide bonds. The van der Waals surface area contributed by atoms with Crippen LogP contribution in [0.25, 0.3) is 32.9 Å². The van der Waals surface area contributed by atoms with Gasteiger partial charge in [-0.05, 0) is 46.2 Å². The molecule has 2 aromatic heterocycles. The van der Waals surface area contributed by atoms with E-state index in [9.17, 15) is 0 Å². The molecule has 0 aliphatic carbocycles. The van der Waals surface area contributed by atoms with Crippen LogP contribution in [-0.2, 0) is 0 Å². The highest BCUT2D eigenvalue weighted by Gasteiger charge is 2.53. The first-order valence-electron chi connectivity index (χ1n) is 22.5. The first-order valence-corrected chi connectivity index (χ1v) is 22.5. The molecule has 0 saturated carbocycles. The minimum absolute atomic E-state index is 1.20. The summed E-state index contributed by atoms with van der Waals surface area (Å²) in [6, 6.07) is 94.2. The van der Waals surface area contributed by atoms with Crippen molar-refractivity contribution in [3.05, 3.63) is 301 Å². The van der Waals surface area contributed by atoms with Crippen molar-refractivity contribution in [3.63, 3.8) is 0 Å². The summed E-state index contributed by atoms with van der Waals surface area (Å²) < 4.78 is 5.13. The van der Waals surface area contributed by atoms with Crippen molar-refractivity contribution in [2.75, 3.05) is 0 Å². The molecule has 300 valence electrons. The minimum atomic E-state index is -1.63. The molecule has 64 heavy (non-hydrogen) atoms. The minimum Gasteiger partial charge on any atom is -0.408 e. The zero-order valence-corrected chi connectivity index (χ0v) is 35.5. The summed E-state index contributed by atoms with van der Waals surface area (Å²) in [6.07, 6.45) is 1.32. The fraction of sp³-hybridized carbons (Fsp3) is 0. The van der Waals surface area contributed by atoms with Gasteiger partial charge < -0.3 is 8.96 Å². The lowest BCUT2D eigenvalue weighted by atomic mass is 9.23. The van der Waals surface area contributed by atoms with Gasteiger partial charge in [-0.15, -0.1) is 32.8 Å². The third kappa shape index (κ3) is 5.62. The number of nitrogens with zero attached hydrogens (tertiary/aromatic N) is 2. The van der Waals surface area contributed by atoms with E-state index in [2.05, 4.69) is 276 Å². The topological polar surface area (TPSA) is 7.76 Å². The Morgan fingerprint density at radius 3 is 0.875 bits per heavy atom. The molecule has 0 spiro atoms. The van der Waals surface area contributed by atoms with Crippen molar-refractivity contribution >= 4 is 67.3 Å². The molecule has 4 heteroatoms. The van der Waals surface area contributed by atoms with Gasteiger partial charge in [-0.3, -0.25) is 0 Å². The van der Waals surface area contributed by atoms with Crippen LogP contribution in [0.1, 0.15) is 33.6 Å². The molecule has 2 nitrogen and oxygen atoms in total. The molecule has 2 aliphatic rings. The van der Waals surface area contributed by atoms with Gasteiger partial charge in [-0.2, -0.15) is 0 Å². The van der Waals surface area contributed by atoms with E-state index in [0.29, 0.717) is 0 Å². The van der Waals surface area contributed by atoms with Crippen molar-refractivity contribution in [1.82, 2.24) is 0 Å². The van der Waals surface area contributed by atoms with Crippen LogP contribution in [0.3, 0.4) is 0 Å². The summed E-state index contributed by atoms with van der Waals surface area (Å²) >= 11 is 0. The maximum atomic E-state index is 2.57. The van der Waals surface area contributed by atoms with Gasteiger partial charge in [0.15, 0.2) is 11.4 Å². The smallest absolute Gasteiger partial charge is 0.361 e. The Bertz CT molecular complexity index is 3100. The van der Waals surface area contributed by atoms with E-state index in [1.165, 1.54) is 88.4 Å². The second kappa shape index (κ2) is 15.4. The largest absolute Gasteiger partial charge is 0.408 e. The summed E-state index contributed by atoms with van der Waals surface area (Å²) in [4.78, 5) is 0. The molecular weight excluding hydrogens is 770 g/mol. The van der Waals surface area contributed by atoms with Crippen LogP contribution in [-0.4, -0.2) is 12.6 Å². The van der Waals surface area contributed by atoms with Gasteiger partial charge >= 0.3 is 12.6 Å². The molecule has 0 bridgehead atoms. The van der Waals surface area contributed by atoms with Crippen LogP contribution in [0.4, 0.5) is 0 Å². The number of fused-ring (bicyclic) bond motifs is 3. The Hall–Kier alpha value is -8.07. The average Bonchev–Trinajstić information content (AvgIpc) is 3.87. The van der Waals surface area contributed by atoms with Crippen molar-refractivity contribution in [1.29, 1.82) is 0 Å². The normalized spacial score (nSPS) is 14.7. The van der Waals surface area contributed by atoms with Gasteiger partial charge in [0.1, 0.15) is 12.4 Å². The lowest BCUT2D eigenvalue weighted by Gasteiger charge is -2.35. The lowest BCUT2D eigenvalue weighted by Crippen LogP contribution is -2.78. The molecule has 4 heterocycles. The lowest BCUT2D eigenvalue weighted by molar-refractivity contribution is -0.539. The Kier molecular flexibility index (Phi) is 9.05. The number of benzene rings is 8. The van der Waals surface area contributed by atoms with Crippen LogP contribution in [0.15, 0.2) is 267 Å². The summed E-state index contributed by atoms with van der Waals surface area (Å²) in [5, 5.41) is 2.41. The zero-order valence-electron chi connectivity index (χ0n) is 35.5. The van der Waals surface area contributed by atoms with Crippen molar-refractivity contribution < 1.29 is 8.96 Å². The second-order valence-corrected chi connectivity index (χ2v) is 17.4. The van der Waals surface area contributed by atoms with Gasteiger partial charge in [0.05, 0.1) is 0 Å². The number of hydrogen-bond donors (Lipinski definition) is 0. The second-order valence-electron chi connectivity index (χ2n) is 17.4. The highest BCUT2D eigenvalue weighted by molar-refractivity contribution is 7.11.